The average Bonchev–Trinajstić information content (AvgIpc) is 2.45. The number of unbranched alkanes of at least 4 members (excludes halogenated alkanes) is 2. The number of rotatable bonds is 11. The second-order valence-corrected chi connectivity index (χ2v) is 5.14. The van der Waals surface area contributed by atoms with Crippen LogP contribution in [0, 0.1) is 0 Å². The van der Waals surface area contributed by atoms with Gasteiger partial charge < -0.3 is 15.2 Å². The van der Waals surface area contributed by atoms with E-state index >= 15 is 0 Å². The first-order valence-electron chi connectivity index (χ1n) is 7.58. The first-order chi connectivity index (χ1) is 9.36. The highest BCUT2D eigenvalue weighted by atomic mass is 16.5. The summed E-state index contributed by atoms with van der Waals surface area (Å²) >= 11 is 0. The number of nitrogens with zero attached hydrogens (tertiary/aromatic N) is 2. The molecule has 0 spiro atoms. The lowest BCUT2D eigenvalue weighted by Crippen LogP contribution is -2.48. The first kappa shape index (κ1) is 16.9. The van der Waals surface area contributed by atoms with E-state index in [1.54, 1.807) is 7.11 Å². The maximum atomic E-state index is 5.66. The van der Waals surface area contributed by atoms with Gasteiger partial charge in [-0.3, -0.25) is 9.80 Å². The first-order valence-corrected chi connectivity index (χ1v) is 7.58. The van der Waals surface area contributed by atoms with Gasteiger partial charge in [0, 0.05) is 53.0 Å². The van der Waals surface area contributed by atoms with E-state index in [0.717, 1.165) is 78.5 Å². The maximum absolute atomic E-state index is 5.66. The minimum Gasteiger partial charge on any atom is -0.383 e. The molecule has 1 heterocycles. The molecule has 5 heteroatoms. The van der Waals surface area contributed by atoms with Crippen LogP contribution in [0.5, 0.6) is 0 Å². The molecule has 0 amide bonds. The van der Waals surface area contributed by atoms with Gasteiger partial charge in [-0.2, -0.15) is 0 Å². The van der Waals surface area contributed by atoms with E-state index in [2.05, 4.69) is 9.80 Å². The molecule has 0 saturated carbocycles. The summed E-state index contributed by atoms with van der Waals surface area (Å²) in [4.78, 5) is 4.96. The highest BCUT2D eigenvalue weighted by molar-refractivity contribution is 4.71. The summed E-state index contributed by atoms with van der Waals surface area (Å²) < 4.78 is 10.8. The predicted molar refractivity (Wildman–Crippen MR) is 78.5 cm³/mol. The van der Waals surface area contributed by atoms with Crippen molar-refractivity contribution in [2.24, 2.45) is 5.73 Å². The Kier molecular flexibility index (Phi) is 10.3. The van der Waals surface area contributed by atoms with E-state index in [1.807, 2.05) is 0 Å². The van der Waals surface area contributed by atoms with Crippen molar-refractivity contribution in [3.05, 3.63) is 0 Å². The average molecular weight is 273 g/mol. The third-order valence-electron chi connectivity index (χ3n) is 3.62. The topological polar surface area (TPSA) is 51.0 Å². The van der Waals surface area contributed by atoms with Crippen LogP contribution in [0.1, 0.15) is 19.3 Å². The lowest BCUT2D eigenvalue weighted by molar-refractivity contribution is 0.0642. The van der Waals surface area contributed by atoms with Gasteiger partial charge >= 0.3 is 0 Å². The molecule has 5 nitrogen and oxygen atoms in total. The molecule has 0 radical (unpaired) electrons. The van der Waals surface area contributed by atoms with Crippen LogP contribution >= 0.6 is 0 Å². The van der Waals surface area contributed by atoms with Crippen LogP contribution in [0.15, 0.2) is 0 Å². The van der Waals surface area contributed by atoms with Crippen molar-refractivity contribution in [2.75, 3.05) is 72.7 Å². The molecule has 1 saturated heterocycles. The summed E-state index contributed by atoms with van der Waals surface area (Å²) in [7, 11) is 1.77. The Bertz CT molecular complexity index is 197. The minimum atomic E-state index is 0.799. The number of hydrogen-bond donors (Lipinski definition) is 1. The standard InChI is InChI=1S/C14H31N3O2/c1-18-13-10-16-6-8-17(9-7-16)11-14-19-12-4-2-3-5-15/h2-15H2,1H3. The normalized spacial score (nSPS) is 18.0. The number of hydrogen-bond acceptors (Lipinski definition) is 5. The van der Waals surface area contributed by atoms with Gasteiger partial charge in [-0.1, -0.05) is 0 Å². The van der Waals surface area contributed by atoms with Gasteiger partial charge in [0.1, 0.15) is 0 Å². The molecule has 19 heavy (non-hydrogen) atoms. The van der Waals surface area contributed by atoms with Crippen molar-refractivity contribution in [3.8, 4) is 0 Å². The zero-order chi connectivity index (χ0) is 13.8. The summed E-state index contributed by atoms with van der Waals surface area (Å²) in [5.74, 6) is 0. The molecule has 114 valence electrons. The Morgan fingerprint density at radius 3 is 2.05 bits per heavy atom. The Hall–Kier alpha value is -0.200. The summed E-state index contributed by atoms with van der Waals surface area (Å²) in [5.41, 5.74) is 5.45. The monoisotopic (exact) mass is 273 g/mol. The van der Waals surface area contributed by atoms with E-state index in [0.29, 0.717) is 0 Å². The summed E-state index contributed by atoms with van der Waals surface area (Å²) in [6, 6.07) is 0. The zero-order valence-electron chi connectivity index (χ0n) is 12.5. The van der Waals surface area contributed by atoms with Crippen LogP contribution in [0.25, 0.3) is 0 Å². The molecule has 1 aliphatic rings. The van der Waals surface area contributed by atoms with Crippen molar-refractivity contribution in [1.82, 2.24) is 9.80 Å². The van der Waals surface area contributed by atoms with E-state index in [-0.39, 0.29) is 0 Å². The molecule has 0 aliphatic carbocycles. The fourth-order valence-electron chi connectivity index (χ4n) is 2.28. The molecule has 1 rings (SSSR count). The van der Waals surface area contributed by atoms with Crippen molar-refractivity contribution in [1.29, 1.82) is 0 Å². The molecular weight excluding hydrogens is 242 g/mol. The van der Waals surface area contributed by atoms with Crippen LogP contribution in [-0.2, 0) is 9.47 Å². The molecule has 1 fully saturated rings. The third-order valence-corrected chi connectivity index (χ3v) is 3.62. The van der Waals surface area contributed by atoms with E-state index < -0.39 is 0 Å². The second-order valence-electron chi connectivity index (χ2n) is 5.14. The third kappa shape index (κ3) is 8.55. The fraction of sp³-hybridized carbons (Fsp3) is 1.00. The summed E-state index contributed by atoms with van der Waals surface area (Å²) in [5, 5.41) is 0. The van der Waals surface area contributed by atoms with Crippen molar-refractivity contribution >= 4 is 0 Å². The zero-order valence-corrected chi connectivity index (χ0v) is 12.5. The van der Waals surface area contributed by atoms with Gasteiger partial charge in [0.05, 0.1) is 13.2 Å². The number of methoxy groups -OCH3 is 1. The minimum absolute atomic E-state index is 0.799. The molecule has 2 N–H and O–H groups in total. The van der Waals surface area contributed by atoms with Gasteiger partial charge in [-0.25, -0.2) is 0 Å². The largest absolute Gasteiger partial charge is 0.383 e. The predicted octanol–water partition coefficient (Wildman–Crippen LogP) is 0.396. The van der Waals surface area contributed by atoms with Gasteiger partial charge in [-0.05, 0) is 25.8 Å². The molecule has 1 aliphatic heterocycles. The van der Waals surface area contributed by atoms with E-state index in [4.69, 9.17) is 15.2 Å². The SMILES string of the molecule is COCCN1CCN(CCOCCCCCN)CC1. The maximum Gasteiger partial charge on any atom is 0.0593 e. The van der Waals surface area contributed by atoms with Crippen LogP contribution < -0.4 is 5.73 Å². The lowest BCUT2D eigenvalue weighted by Gasteiger charge is -2.34. The number of nitrogens with two attached hydrogens (primary N) is 1. The molecule has 0 aromatic rings. The smallest absolute Gasteiger partial charge is 0.0593 e. The Morgan fingerprint density at radius 1 is 0.842 bits per heavy atom. The van der Waals surface area contributed by atoms with Gasteiger partial charge in [-0.15, -0.1) is 0 Å². The van der Waals surface area contributed by atoms with Crippen LogP contribution in [-0.4, -0.2) is 82.5 Å². The molecule has 0 atom stereocenters. The van der Waals surface area contributed by atoms with Crippen LogP contribution in [0.3, 0.4) is 0 Å². The quantitative estimate of drug-likeness (QED) is 0.552. The molecule has 0 bridgehead atoms. The molecule has 0 aromatic carbocycles. The number of ether oxygens (including phenoxy) is 2. The lowest BCUT2D eigenvalue weighted by atomic mass is 10.2. The number of piperazine rings is 1. The molecular formula is C14H31N3O2. The van der Waals surface area contributed by atoms with E-state index in [1.165, 1.54) is 6.42 Å². The fourth-order valence-corrected chi connectivity index (χ4v) is 2.28. The highest BCUT2D eigenvalue weighted by Gasteiger charge is 2.15. The van der Waals surface area contributed by atoms with Crippen molar-refractivity contribution in [2.45, 2.75) is 19.3 Å². The van der Waals surface area contributed by atoms with Crippen molar-refractivity contribution < 1.29 is 9.47 Å². The van der Waals surface area contributed by atoms with Gasteiger partial charge in [0.25, 0.3) is 0 Å². The highest BCUT2D eigenvalue weighted by Crippen LogP contribution is 2.01. The van der Waals surface area contributed by atoms with Crippen LogP contribution in [0.4, 0.5) is 0 Å². The van der Waals surface area contributed by atoms with Gasteiger partial charge in [0.2, 0.25) is 0 Å². The van der Waals surface area contributed by atoms with Crippen LogP contribution in [0.2, 0.25) is 0 Å². The molecule has 0 unspecified atom stereocenters. The Morgan fingerprint density at radius 2 is 1.47 bits per heavy atom. The van der Waals surface area contributed by atoms with Crippen molar-refractivity contribution in [3.63, 3.8) is 0 Å². The Labute approximate surface area is 118 Å². The summed E-state index contributed by atoms with van der Waals surface area (Å²) in [6.45, 7) is 10.1. The van der Waals surface area contributed by atoms with Gasteiger partial charge in [0.15, 0.2) is 0 Å². The molecule has 0 aromatic heterocycles. The Balaban J connectivity index is 1.89. The second kappa shape index (κ2) is 11.6. The summed E-state index contributed by atoms with van der Waals surface area (Å²) in [6.07, 6.45) is 3.45. The van der Waals surface area contributed by atoms with E-state index in [9.17, 15) is 0 Å².